The minimum absolute atomic E-state index is 0.457. The molecule has 0 heterocycles. The van der Waals surface area contributed by atoms with Crippen molar-refractivity contribution in [3.05, 3.63) is 29.3 Å². The Kier molecular flexibility index (Phi) is 2.84. The second kappa shape index (κ2) is 3.95. The first-order valence-corrected chi connectivity index (χ1v) is 6.02. The molecule has 76 valence electrons. The zero-order valence-electron chi connectivity index (χ0n) is 8.79. The molecule has 1 aliphatic rings. The highest BCUT2D eigenvalue weighted by atomic mass is 32.2. The van der Waals surface area contributed by atoms with Gasteiger partial charge in [0.05, 0.1) is 0 Å². The van der Waals surface area contributed by atoms with Crippen LogP contribution in [0.25, 0.3) is 0 Å². The number of rotatable bonds is 2. The van der Waals surface area contributed by atoms with Crippen molar-refractivity contribution in [2.24, 2.45) is 5.73 Å². The van der Waals surface area contributed by atoms with Crippen LogP contribution < -0.4 is 5.73 Å². The van der Waals surface area contributed by atoms with Gasteiger partial charge in [0.2, 0.25) is 0 Å². The van der Waals surface area contributed by atoms with Gasteiger partial charge in [-0.25, -0.2) is 0 Å². The molecular formula is C12H17NS. The van der Waals surface area contributed by atoms with Crippen molar-refractivity contribution in [2.45, 2.75) is 42.9 Å². The van der Waals surface area contributed by atoms with Gasteiger partial charge in [0, 0.05) is 16.2 Å². The minimum Gasteiger partial charge on any atom is -0.328 e. The SMILES string of the molecule is Cc1ccc(SC2CC(N)C2)cc1C. The number of nitrogens with two attached hydrogens (primary N) is 1. The van der Waals surface area contributed by atoms with E-state index in [9.17, 15) is 0 Å². The smallest absolute Gasteiger partial charge is 0.0124 e. The van der Waals surface area contributed by atoms with E-state index >= 15 is 0 Å². The molecule has 1 nitrogen and oxygen atoms in total. The summed E-state index contributed by atoms with van der Waals surface area (Å²) in [5, 5.41) is 0.757. The molecule has 1 aromatic carbocycles. The molecule has 0 saturated heterocycles. The summed E-state index contributed by atoms with van der Waals surface area (Å²) in [6.45, 7) is 4.33. The van der Waals surface area contributed by atoms with E-state index in [4.69, 9.17) is 5.73 Å². The van der Waals surface area contributed by atoms with Crippen LogP contribution in [0.4, 0.5) is 0 Å². The molecule has 0 spiro atoms. The first-order chi connectivity index (χ1) is 6.65. The normalized spacial score (nSPS) is 25.9. The lowest BCUT2D eigenvalue weighted by Crippen LogP contribution is -2.38. The summed E-state index contributed by atoms with van der Waals surface area (Å²) in [6.07, 6.45) is 2.36. The number of hydrogen-bond donors (Lipinski definition) is 1. The lowest BCUT2D eigenvalue weighted by Gasteiger charge is -2.31. The first kappa shape index (κ1) is 10.1. The highest BCUT2D eigenvalue weighted by molar-refractivity contribution is 8.00. The van der Waals surface area contributed by atoms with E-state index in [2.05, 4.69) is 32.0 Å². The summed E-state index contributed by atoms with van der Waals surface area (Å²) >= 11 is 1.98. The fourth-order valence-electron chi connectivity index (χ4n) is 1.68. The maximum atomic E-state index is 5.76. The van der Waals surface area contributed by atoms with Crippen LogP contribution in [0.15, 0.2) is 23.1 Å². The first-order valence-electron chi connectivity index (χ1n) is 5.14. The van der Waals surface area contributed by atoms with E-state index in [1.165, 1.54) is 28.9 Å². The Labute approximate surface area is 90.1 Å². The van der Waals surface area contributed by atoms with Gasteiger partial charge in [0.15, 0.2) is 0 Å². The molecule has 0 aliphatic heterocycles. The van der Waals surface area contributed by atoms with E-state index in [0.717, 1.165) is 5.25 Å². The van der Waals surface area contributed by atoms with E-state index in [1.807, 2.05) is 11.8 Å². The maximum Gasteiger partial charge on any atom is 0.0124 e. The summed E-state index contributed by atoms with van der Waals surface area (Å²) in [7, 11) is 0. The van der Waals surface area contributed by atoms with Crippen molar-refractivity contribution in [3.8, 4) is 0 Å². The molecule has 2 heteroatoms. The third-order valence-corrected chi connectivity index (χ3v) is 4.16. The quantitative estimate of drug-likeness (QED) is 0.807. The number of benzene rings is 1. The predicted molar refractivity (Wildman–Crippen MR) is 62.8 cm³/mol. The summed E-state index contributed by atoms with van der Waals surface area (Å²) < 4.78 is 0. The molecule has 2 rings (SSSR count). The van der Waals surface area contributed by atoms with Crippen LogP contribution in [0.1, 0.15) is 24.0 Å². The Morgan fingerprint density at radius 1 is 1.21 bits per heavy atom. The fraction of sp³-hybridized carbons (Fsp3) is 0.500. The van der Waals surface area contributed by atoms with Gasteiger partial charge in [-0.1, -0.05) is 6.07 Å². The fourth-order valence-corrected chi connectivity index (χ4v) is 3.15. The molecule has 0 aromatic heterocycles. The Balaban J connectivity index is 2.00. The highest BCUT2D eigenvalue weighted by Crippen LogP contribution is 2.36. The van der Waals surface area contributed by atoms with Crippen molar-refractivity contribution >= 4 is 11.8 Å². The predicted octanol–water partition coefficient (Wildman–Crippen LogP) is 2.89. The lowest BCUT2D eigenvalue weighted by molar-refractivity contribution is 0.433. The topological polar surface area (TPSA) is 26.0 Å². The summed E-state index contributed by atoms with van der Waals surface area (Å²) in [5.41, 5.74) is 8.53. The summed E-state index contributed by atoms with van der Waals surface area (Å²) in [4.78, 5) is 1.39. The molecule has 0 radical (unpaired) electrons. The average Bonchev–Trinajstić information content (AvgIpc) is 2.09. The van der Waals surface area contributed by atoms with Crippen LogP contribution in [0.5, 0.6) is 0 Å². The van der Waals surface area contributed by atoms with Crippen molar-refractivity contribution < 1.29 is 0 Å². The zero-order chi connectivity index (χ0) is 10.1. The van der Waals surface area contributed by atoms with Gasteiger partial charge in [0.1, 0.15) is 0 Å². The van der Waals surface area contributed by atoms with Gasteiger partial charge < -0.3 is 5.73 Å². The summed E-state index contributed by atoms with van der Waals surface area (Å²) in [6, 6.07) is 7.16. The van der Waals surface area contributed by atoms with E-state index in [1.54, 1.807) is 0 Å². The van der Waals surface area contributed by atoms with Crippen LogP contribution in [0.2, 0.25) is 0 Å². The van der Waals surface area contributed by atoms with Gasteiger partial charge >= 0.3 is 0 Å². The van der Waals surface area contributed by atoms with Gasteiger partial charge in [-0.2, -0.15) is 0 Å². The van der Waals surface area contributed by atoms with Crippen molar-refractivity contribution in [3.63, 3.8) is 0 Å². The minimum atomic E-state index is 0.457. The highest BCUT2D eigenvalue weighted by Gasteiger charge is 2.26. The third-order valence-electron chi connectivity index (χ3n) is 2.91. The monoisotopic (exact) mass is 207 g/mol. The second-order valence-electron chi connectivity index (χ2n) is 4.22. The van der Waals surface area contributed by atoms with Gasteiger partial charge in [0.25, 0.3) is 0 Å². The van der Waals surface area contributed by atoms with Crippen LogP contribution in [-0.4, -0.2) is 11.3 Å². The van der Waals surface area contributed by atoms with Crippen LogP contribution in [0.3, 0.4) is 0 Å². The number of thioether (sulfide) groups is 1. The zero-order valence-corrected chi connectivity index (χ0v) is 9.60. The van der Waals surface area contributed by atoms with Crippen LogP contribution in [0, 0.1) is 13.8 Å². The molecule has 1 fully saturated rings. The number of aryl methyl sites for hydroxylation is 2. The largest absolute Gasteiger partial charge is 0.328 e. The third kappa shape index (κ3) is 2.12. The maximum absolute atomic E-state index is 5.76. The molecule has 14 heavy (non-hydrogen) atoms. The van der Waals surface area contributed by atoms with Gasteiger partial charge in [-0.15, -0.1) is 11.8 Å². The van der Waals surface area contributed by atoms with Crippen molar-refractivity contribution in [1.29, 1.82) is 0 Å². The molecule has 2 N–H and O–H groups in total. The van der Waals surface area contributed by atoms with Gasteiger partial charge in [-0.3, -0.25) is 0 Å². The molecule has 1 saturated carbocycles. The lowest BCUT2D eigenvalue weighted by atomic mass is 9.94. The molecule has 1 aliphatic carbocycles. The van der Waals surface area contributed by atoms with E-state index < -0.39 is 0 Å². The Morgan fingerprint density at radius 3 is 2.50 bits per heavy atom. The Morgan fingerprint density at radius 2 is 1.93 bits per heavy atom. The van der Waals surface area contributed by atoms with Crippen LogP contribution in [-0.2, 0) is 0 Å². The molecular weight excluding hydrogens is 190 g/mol. The van der Waals surface area contributed by atoms with Gasteiger partial charge in [-0.05, 0) is 49.9 Å². The van der Waals surface area contributed by atoms with Crippen molar-refractivity contribution in [2.75, 3.05) is 0 Å². The number of hydrogen-bond acceptors (Lipinski definition) is 2. The van der Waals surface area contributed by atoms with Crippen molar-refractivity contribution in [1.82, 2.24) is 0 Å². The molecule has 0 unspecified atom stereocenters. The Hall–Kier alpha value is -0.470. The molecule has 0 bridgehead atoms. The molecule has 1 aromatic rings. The summed E-state index contributed by atoms with van der Waals surface area (Å²) in [5.74, 6) is 0. The average molecular weight is 207 g/mol. The molecule has 0 amide bonds. The van der Waals surface area contributed by atoms with Crippen LogP contribution >= 0.6 is 11.8 Å². The van der Waals surface area contributed by atoms with E-state index in [-0.39, 0.29) is 0 Å². The standard InChI is InChI=1S/C12H17NS/c1-8-3-4-11(5-9(8)2)14-12-6-10(13)7-12/h3-5,10,12H,6-7,13H2,1-2H3. The van der Waals surface area contributed by atoms with E-state index in [0.29, 0.717) is 6.04 Å². The Bertz CT molecular complexity index is 329. The second-order valence-corrected chi connectivity index (χ2v) is 5.59. The molecule has 0 atom stereocenters.